The van der Waals surface area contributed by atoms with Gasteiger partial charge in [0.2, 0.25) is 0 Å². The Hall–Kier alpha value is -4.58. The first-order chi connectivity index (χ1) is 14.3. The molecule has 2 aromatic rings. The summed E-state index contributed by atoms with van der Waals surface area (Å²) >= 11 is 0. The Morgan fingerprint density at radius 2 is 1.13 bits per heavy atom. The molecule has 152 valence electrons. The molecule has 0 saturated carbocycles. The molecule has 0 aliphatic heterocycles. The van der Waals surface area contributed by atoms with Gasteiger partial charge in [-0.25, -0.2) is 9.98 Å². The molecule has 0 fully saturated rings. The van der Waals surface area contributed by atoms with Crippen LogP contribution in [0.2, 0.25) is 0 Å². The first-order valence-corrected chi connectivity index (χ1v) is 7.78. The summed E-state index contributed by atoms with van der Waals surface area (Å²) in [6, 6.07) is 8.97. The maximum Gasteiger partial charge on any atom is 0.176 e. The van der Waals surface area contributed by atoms with E-state index in [1.807, 2.05) is 0 Å². The first-order valence-electron chi connectivity index (χ1n) is 7.78. The van der Waals surface area contributed by atoms with Crippen LogP contribution in [0.5, 0.6) is 11.5 Å². The minimum absolute atomic E-state index is 0.00940. The molecule has 0 aromatic heterocycles. The lowest BCUT2D eigenvalue weighted by Gasteiger charge is -2.04. The molecule has 0 aliphatic rings. The van der Waals surface area contributed by atoms with Gasteiger partial charge in [-0.1, -0.05) is 17.9 Å². The van der Waals surface area contributed by atoms with E-state index in [1.165, 1.54) is 0 Å². The number of rotatable bonds is 6. The van der Waals surface area contributed by atoms with E-state index in [1.54, 1.807) is 12.1 Å². The van der Waals surface area contributed by atoms with Crippen LogP contribution in [0.3, 0.4) is 0 Å². The van der Waals surface area contributed by atoms with Crippen LogP contribution in [-0.2, 0) is 0 Å². The van der Waals surface area contributed by atoms with Crippen molar-refractivity contribution in [3.05, 3.63) is 58.9 Å². The predicted molar refractivity (Wildman–Crippen MR) is 99.0 cm³/mol. The maximum absolute atomic E-state index is 12.4. The highest BCUT2D eigenvalue weighted by atomic mass is 19.4. The normalized spacial score (nSPS) is 11.8. The number of aliphatic imine (C=N–C) groups is 2. The zero-order chi connectivity index (χ0) is 22.3. The molecule has 2 rings (SSSR count). The Morgan fingerprint density at radius 1 is 0.767 bits per heavy atom. The van der Waals surface area contributed by atoms with Gasteiger partial charge in [0.25, 0.3) is 0 Å². The average Bonchev–Trinajstić information content (AvgIpc) is 2.71. The highest BCUT2D eigenvalue weighted by Crippen LogP contribution is 2.25. The molecular formula is C18H10F4N6O2. The molecule has 0 radical (unpaired) electrons. The molecule has 0 amide bonds. The van der Waals surface area contributed by atoms with Gasteiger partial charge in [0.15, 0.2) is 11.4 Å². The van der Waals surface area contributed by atoms with Gasteiger partial charge in [0, 0.05) is 35.7 Å². The van der Waals surface area contributed by atoms with Crippen molar-refractivity contribution in [2.24, 2.45) is 9.98 Å². The van der Waals surface area contributed by atoms with Crippen molar-refractivity contribution in [3.63, 3.8) is 0 Å². The fourth-order valence-corrected chi connectivity index (χ4v) is 2.05. The minimum atomic E-state index is -1.20. The highest BCUT2D eigenvalue weighted by Gasteiger charge is 2.09. The van der Waals surface area contributed by atoms with E-state index in [-0.39, 0.29) is 11.1 Å². The Bertz CT molecular complexity index is 1030. The second kappa shape index (κ2) is 9.57. The lowest BCUT2D eigenvalue weighted by molar-refractivity contribution is 0.234. The van der Waals surface area contributed by atoms with Crippen LogP contribution in [-0.4, -0.2) is 22.6 Å². The van der Waals surface area contributed by atoms with Gasteiger partial charge in [-0.15, -0.1) is 0 Å². The van der Waals surface area contributed by atoms with E-state index in [0.717, 1.165) is 48.8 Å². The monoisotopic (exact) mass is 418 g/mol. The Balaban J connectivity index is 2.33. The highest BCUT2D eigenvalue weighted by molar-refractivity contribution is 5.87. The summed E-state index contributed by atoms with van der Waals surface area (Å²) in [5.74, 6) is -1.09. The number of benzene rings is 2. The van der Waals surface area contributed by atoms with Crippen LogP contribution < -0.4 is 10.7 Å². The van der Waals surface area contributed by atoms with Crippen molar-refractivity contribution in [3.8, 4) is 23.6 Å². The number of hydrogen-bond acceptors (Lipinski definition) is 8. The number of phenols is 2. The van der Waals surface area contributed by atoms with Crippen LogP contribution >= 0.6 is 0 Å². The lowest BCUT2D eigenvalue weighted by Crippen LogP contribution is -1.96. The van der Waals surface area contributed by atoms with E-state index in [0.29, 0.717) is 0 Å². The third kappa shape index (κ3) is 5.24. The molecular weight excluding hydrogens is 408 g/mol. The number of nitrogens with zero attached hydrogens (tertiary/aromatic N) is 6. The van der Waals surface area contributed by atoms with Gasteiger partial charge < -0.3 is 10.2 Å². The Labute approximate surface area is 166 Å². The summed E-state index contributed by atoms with van der Waals surface area (Å²) in [7, 11) is 0. The summed E-state index contributed by atoms with van der Waals surface area (Å²) < 4.78 is 49.8. The molecule has 30 heavy (non-hydrogen) atoms. The summed E-state index contributed by atoms with van der Waals surface area (Å²) in [5, 5.41) is 35.4. The van der Waals surface area contributed by atoms with Gasteiger partial charge in [0.05, 0.1) is 0 Å². The molecule has 2 aromatic carbocycles. The van der Waals surface area contributed by atoms with E-state index in [9.17, 15) is 38.7 Å². The summed E-state index contributed by atoms with van der Waals surface area (Å²) in [5.41, 5.74) is -2.13. The molecule has 0 unspecified atom stereocenters. The second-order valence-electron chi connectivity index (χ2n) is 5.39. The minimum Gasteiger partial charge on any atom is -0.507 e. The number of phenolic OH excluding ortho intramolecular Hbond substituents is 2. The van der Waals surface area contributed by atoms with E-state index >= 15 is 0 Å². The zero-order valence-corrected chi connectivity index (χ0v) is 14.7. The van der Waals surface area contributed by atoms with Crippen molar-refractivity contribution >= 4 is 23.8 Å². The quantitative estimate of drug-likeness (QED) is 0.316. The van der Waals surface area contributed by atoms with Crippen molar-refractivity contribution in [1.29, 1.82) is 10.5 Å². The van der Waals surface area contributed by atoms with Crippen molar-refractivity contribution < 1.29 is 28.1 Å². The molecule has 0 saturated heterocycles. The molecule has 0 heterocycles. The van der Waals surface area contributed by atoms with Gasteiger partial charge >= 0.3 is 0 Å². The molecule has 8 nitrogen and oxygen atoms in total. The van der Waals surface area contributed by atoms with Gasteiger partial charge in [-0.2, -0.15) is 10.5 Å². The average molecular weight is 418 g/mol. The smallest absolute Gasteiger partial charge is 0.176 e. The second-order valence-corrected chi connectivity index (χ2v) is 5.39. The SMILES string of the molecule is N#C/C(N=Cc1ccc(N(F)F)cc1O)=C(\C#N)N=Cc1ccc(N(F)F)cc1O. The molecule has 0 bridgehead atoms. The van der Waals surface area contributed by atoms with Crippen molar-refractivity contribution in [2.75, 3.05) is 10.7 Å². The standard InChI is InChI=1S/C18H10F4N6O2/c19-27(20)13-3-1-11(17(29)5-13)9-25-15(7-23)16(8-24)26-10-12-2-4-14(28(21)22)6-18(12)30/h1-6,9-10,29-30H/b16-15-,25-9?,26-10?. The Kier molecular flexibility index (Phi) is 6.92. The third-order valence-corrected chi connectivity index (χ3v) is 3.52. The predicted octanol–water partition coefficient (Wildman–Crippen LogP) is 4.05. The van der Waals surface area contributed by atoms with E-state index in [4.69, 9.17) is 0 Å². The molecule has 12 heteroatoms. The zero-order valence-electron chi connectivity index (χ0n) is 14.7. The van der Waals surface area contributed by atoms with Crippen LogP contribution in [0.15, 0.2) is 57.8 Å². The van der Waals surface area contributed by atoms with Gasteiger partial charge in [-0.3, -0.25) is 0 Å². The fourth-order valence-electron chi connectivity index (χ4n) is 2.05. The number of nitriles is 2. The number of aromatic hydroxyl groups is 2. The number of allylic oxidation sites excluding steroid dienone is 2. The van der Waals surface area contributed by atoms with Crippen LogP contribution in [0, 0.1) is 22.7 Å². The lowest BCUT2D eigenvalue weighted by atomic mass is 10.2. The third-order valence-electron chi connectivity index (χ3n) is 3.52. The topological polar surface area (TPSA) is 119 Å². The number of hydrogen-bond donors (Lipinski definition) is 2. The number of anilines is 2. The van der Waals surface area contributed by atoms with Crippen LogP contribution in [0.4, 0.5) is 29.3 Å². The molecule has 0 aliphatic carbocycles. The van der Waals surface area contributed by atoms with E-state index < -0.39 is 45.0 Å². The first kappa shape index (κ1) is 21.7. The number of halogens is 4. The molecule has 2 N–H and O–H groups in total. The Morgan fingerprint density at radius 3 is 1.40 bits per heavy atom. The summed E-state index contributed by atoms with van der Waals surface area (Å²) in [4.78, 5) is 7.44. The van der Waals surface area contributed by atoms with Crippen molar-refractivity contribution in [1.82, 2.24) is 0 Å². The largest absolute Gasteiger partial charge is 0.507 e. The maximum atomic E-state index is 12.4. The van der Waals surface area contributed by atoms with Crippen molar-refractivity contribution in [2.45, 2.75) is 0 Å². The summed E-state index contributed by atoms with van der Waals surface area (Å²) in [6.45, 7) is 0. The van der Waals surface area contributed by atoms with E-state index in [2.05, 4.69) is 9.98 Å². The van der Waals surface area contributed by atoms with Crippen LogP contribution in [0.1, 0.15) is 11.1 Å². The fraction of sp³-hybridized carbons (Fsp3) is 0. The van der Waals surface area contributed by atoms with Gasteiger partial charge in [0.1, 0.15) is 35.0 Å². The van der Waals surface area contributed by atoms with Gasteiger partial charge in [-0.05, 0) is 35.0 Å². The summed E-state index contributed by atoms with van der Waals surface area (Å²) in [6.07, 6.45) is 1.93. The molecule has 0 atom stereocenters. The van der Waals surface area contributed by atoms with Crippen LogP contribution in [0.25, 0.3) is 0 Å². The molecule has 0 spiro atoms.